The van der Waals surface area contributed by atoms with Gasteiger partial charge >= 0.3 is 6.09 Å². The van der Waals surface area contributed by atoms with Crippen molar-refractivity contribution >= 4 is 11.9 Å². The van der Waals surface area contributed by atoms with Gasteiger partial charge in [-0.05, 0) is 33.1 Å². The summed E-state index contributed by atoms with van der Waals surface area (Å²) in [6.45, 7) is 3.84. The zero-order valence-electron chi connectivity index (χ0n) is 11.7. The predicted molar refractivity (Wildman–Crippen MR) is 73.3 cm³/mol. The van der Waals surface area contributed by atoms with Crippen LogP contribution >= 0.6 is 0 Å². The molecular formula is C13H22N4O2. The molecule has 2 unspecified atom stereocenters. The molecule has 3 N–H and O–H groups in total. The summed E-state index contributed by atoms with van der Waals surface area (Å²) in [5.41, 5.74) is 1.11. The van der Waals surface area contributed by atoms with Crippen molar-refractivity contribution in [3.8, 4) is 0 Å². The fourth-order valence-electron chi connectivity index (χ4n) is 2.42. The van der Waals surface area contributed by atoms with Gasteiger partial charge in [0.05, 0.1) is 0 Å². The summed E-state index contributed by atoms with van der Waals surface area (Å²) in [5.74, 6) is 1.24. The van der Waals surface area contributed by atoms with Crippen LogP contribution in [0.25, 0.3) is 0 Å². The highest BCUT2D eigenvalue weighted by Gasteiger charge is 2.29. The van der Waals surface area contributed by atoms with E-state index in [1.165, 1.54) is 0 Å². The first-order valence-electron chi connectivity index (χ1n) is 6.78. The number of carbonyl (C=O) groups is 1. The van der Waals surface area contributed by atoms with Gasteiger partial charge in [0, 0.05) is 30.8 Å². The maximum absolute atomic E-state index is 11.5. The van der Waals surface area contributed by atoms with Crippen molar-refractivity contribution in [1.29, 1.82) is 0 Å². The largest absolute Gasteiger partial charge is 0.446 e. The third-order valence-corrected chi connectivity index (χ3v) is 3.36. The van der Waals surface area contributed by atoms with Gasteiger partial charge in [-0.1, -0.05) is 0 Å². The summed E-state index contributed by atoms with van der Waals surface area (Å²) in [4.78, 5) is 11.5. The number of aromatic amines is 1. The molecule has 0 aromatic carbocycles. The predicted octanol–water partition coefficient (Wildman–Crippen LogP) is 2.22. The fourth-order valence-corrected chi connectivity index (χ4v) is 2.42. The monoisotopic (exact) mass is 266 g/mol. The normalized spacial score (nSPS) is 22.5. The van der Waals surface area contributed by atoms with Crippen LogP contribution in [0.3, 0.4) is 0 Å². The van der Waals surface area contributed by atoms with E-state index < -0.39 is 0 Å². The fraction of sp³-hybridized carbons (Fsp3) is 0.692. The van der Waals surface area contributed by atoms with E-state index in [-0.39, 0.29) is 18.2 Å². The number of alkyl carbamates (subject to hydrolysis) is 1. The Labute approximate surface area is 113 Å². The molecule has 1 heterocycles. The first-order valence-corrected chi connectivity index (χ1v) is 6.78. The summed E-state index contributed by atoms with van der Waals surface area (Å²) in [7, 11) is 1.84. The van der Waals surface area contributed by atoms with Gasteiger partial charge in [0.2, 0.25) is 0 Å². The zero-order chi connectivity index (χ0) is 13.8. The van der Waals surface area contributed by atoms with Crippen molar-refractivity contribution in [2.75, 3.05) is 12.4 Å². The van der Waals surface area contributed by atoms with Crippen LogP contribution in [0.15, 0.2) is 6.07 Å². The van der Waals surface area contributed by atoms with Gasteiger partial charge in [0.25, 0.3) is 0 Å². The number of hydrogen-bond donors (Lipinski definition) is 3. The Morgan fingerprint density at radius 1 is 1.53 bits per heavy atom. The molecule has 1 aromatic rings. The van der Waals surface area contributed by atoms with E-state index >= 15 is 0 Å². The van der Waals surface area contributed by atoms with E-state index in [1.807, 2.05) is 27.0 Å². The lowest BCUT2D eigenvalue weighted by Gasteiger charge is -2.14. The highest BCUT2D eigenvalue weighted by Crippen LogP contribution is 2.35. The maximum Gasteiger partial charge on any atom is 0.407 e. The van der Waals surface area contributed by atoms with Crippen LogP contribution in [0.1, 0.15) is 44.7 Å². The first-order chi connectivity index (χ1) is 9.08. The second-order valence-electron chi connectivity index (χ2n) is 5.29. The van der Waals surface area contributed by atoms with Gasteiger partial charge in [0.1, 0.15) is 11.9 Å². The number of anilines is 1. The number of hydrogen-bond acceptors (Lipinski definition) is 4. The SMILES string of the molecule is CNc1cc(C2CCC(OC(=O)NC(C)C)C2)[nH]n1. The van der Waals surface area contributed by atoms with E-state index in [4.69, 9.17) is 4.74 Å². The number of rotatable bonds is 4. The average molecular weight is 266 g/mol. The second kappa shape index (κ2) is 5.95. The molecule has 0 radical (unpaired) electrons. The molecular weight excluding hydrogens is 244 g/mol. The van der Waals surface area contributed by atoms with Crippen molar-refractivity contribution in [2.24, 2.45) is 0 Å². The standard InChI is InChI=1S/C13H22N4O2/c1-8(2)15-13(18)19-10-5-4-9(6-10)11-7-12(14-3)17-16-11/h7-10H,4-6H2,1-3H3,(H,15,18)(H2,14,16,17). The molecule has 106 valence electrons. The minimum absolute atomic E-state index is 0.00471. The van der Waals surface area contributed by atoms with Gasteiger partial charge < -0.3 is 15.4 Å². The summed E-state index contributed by atoms with van der Waals surface area (Å²) >= 11 is 0. The van der Waals surface area contributed by atoms with E-state index in [2.05, 4.69) is 20.8 Å². The lowest BCUT2D eigenvalue weighted by atomic mass is 10.0. The summed E-state index contributed by atoms with van der Waals surface area (Å²) < 4.78 is 5.41. The average Bonchev–Trinajstić information content (AvgIpc) is 2.95. The first kappa shape index (κ1) is 13.7. The summed E-state index contributed by atoms with van der Waals surface area (Å²) in [6.07, 6.45) is 2.47. The highest BCUT2D eigenvalue weighted by molar-refractivity contribution is 5.67. The van der Waals surface area contributed by atoms with Crippen LogP contribution in [0.4, 0.5) is 10.6 Å². The summed E-state index contributed by atoms with van der Waals surface area (Å²) in [6, 6.07) is 2.12. The van der Waals surface area contributed by atoms with Gasteiger partial charge in [-0.15, -0.1) is 0 Å². The molecule has 1 aromatic heterocycles. The third kappa shape index (κ3) is 3.62. The van der Waals surface area contributed by atoms with Crippen LogP contribution in [0.5, 0.6) is 0 Å². The molecule has 0 spiro atoms. The molecule has 0 bridgehead atoms. The Morgan fingerprint density at radius 3 is 2.95 bits per heavy atom. The van der Waals surface area contributed by atoms with Gasteiger partial charge in [0.15, 0.2) is 0 Å². The van der Waals surface area contributed by atoms with Crippen LogP contribution in [-0.4, -0.2) is 35.5 Å². The van der Waals surface area contributed by atoms with Crippen LogP contribution < -0.4 is 10.6 Å². The second-order valence-corrected chi connectivity index (χ2v) is 5.29. The molecule has 0 saturated heterocycles. The minimum Gasteiger partial charge on any atom is -0.446 e. The number of ether oxygens (including phenoxy) is 1. The maximum atomic E-state index is 11.5. The molecule has 1 fully saturated rings. The van der Waals surface area contributed by atoms with E-state index in [0.717, 1.165) is 30.8 Å². The molecule has 6 nitrogen and oxygen atoms in total. The Bertz CT molecular complexity index is 430. The lowest BCUT2D eigenvalue weighted by molar-refractivity contribution is 0.0981. The number of carbonyl (C=O) groups excluding carboxylic acids is 1. The number of amides is 1. The van der Waals surface area contributed by atoms with E-state index in [9.17, 15) is 4.79 Å². The van der Waals surface area contributed by atoms with Crippen molar-refractivity contribution in [2.45, 2.75) is 51.2 Å². The Kier molecular flexibility index (Phi) is 4.29. The zero-order valence-corrected chi connectivity index (χ0v) is 11.7. The van der Waals surface area contributed by atoms with Crippen molar-refractivity contribution in [1.82, 2.24) is 15.5 Å². The number of H-pyrrole nitrogens is 1. The Morgan fingerprint density at radius 2 is 2.32 bits per heavy atom. The summed E-state index contributed by atoms with van der Waals surface area (Å²) in [5, 5.41) is 12.9. The van der Waals surface area contributed by atoms with Crippen molar-refractivity contribution in [3.63, 3.8) is 0 Å². The molecule has 1 aliphatic carbocycles. The Balaban J connectivity index is 1.84. The molecule has 1 aliphatic rings. The molecule has 0 aliphatic heterocycles. The number of nitrogens with one attached hydrogen (secondary N) is 3. The molecule has 2 atom stereocenters. The molecule has 1 amide bonds. The van der Waals surface area contributed by atoms with Crippen molar-refractivity contribution < 1.29 is 9.53 Å². The highest BCUT2D eigenvalue weighted by atomic mass is 16.6. The molecule has 19 heavy (non-hydrogen) atoms. The quantitative estimate of drug-likeness (QED) is 0.780. The van der Waals surface area contributed by atoms with Gasteiger partial charge in [-0.3, -0.25) is 5.10 Å². The molecule has 6 heteroatoms. The van der Waals surface area contributed by atoms with Gasteiger partial charge in [-0.25, -0.2) is 4.79 Å². The Hall–Kier alpha value is -1.72. The topological polar surface area (TPSA) is 79.0 Å². The minimum atomic E-state index is -0.318. The molecule has 1 saturated carbocycles. The smallest absolute Gasteiger partial charge is 0.407 e. The van der Waals surface area contributed by atoms with Crippen molar-refractivity contribution in [3.05, 3.63) is 11.8 Å². The van der Waals surface area contributed by atoms with Gasteiger partial charge in [-0.2, -0.15) is 5.10 Å². The van der Waals surface area contributed by atoms with Crippen LogP contribution in [0, 0.1) is 0 Å². The van der Waals surface area contributed by atoms with E-state index in [0.29, 0.717) is 5.92 Å². The number of nitrogens with zero attached hydrogens (tertiary/aromatic N) is 1. The lowest BCUT2D eigenvalue weighted by Crippen LogP contribution is -2.33. The third-order valence-electron chi connectivity index (χ3n) is 3.36. The number of aromatic nitrogens is 2. The van der Waals surface area contributed by atoms with Crippen LogP contribution in [0.2, 0.25) is 0 Å². The molecule has 2 rings (SSSR count). The van der Waals surface area contributed by atoms with Crippen LogP contribution in [-0.2, 0) is 4.74 Å². The van der Waals surface area contributed by atoms with E-state index in [1.54, 1.807) is 0 Å².